The third-order valence-corrected chi connectivity index (χ3v) is 3.81. The van der Waals surface area contributed by atoms with Crippen LogP contribution in [-0.4, -0.2) is 37.3 Å². The van der Waals surface area contributed by atoms with Gasteiger partial charge in [-0.25, -0.2) is 9.59 Å². The van der Waals surface area contributed by atoms with Gasteiger partial charge in [0.2, 0.25) is 0 Å². The van der Waals surface area contributed by atoms with Gasteiger partial charge in [0, 0.05) is 5.70 Å². The number of alkyl halides is 5. The molecule has 0 saturated heterocycles. The summed E-state index contributed by atoms with van der Waals surface area (Å²) in [7, 11) is 0. The Bertz CT molecular complexity index is 775. The maximum atomic E-state index is 13.0. The number of hydrogen-bond donors (Lipinski definition) is 2. The van der Waals surface area contributed by atoms with Gasteiger partial charge in [-0.1, -0.05) is 12.1 Å². The molecular formula is C17H17F5N2O4. The van der Waals surface area contributed by atoms with E-state index in [2.05, 4.69) is 15.4 Å². The van der Waals surface area contributed by atoms with Crippen LogP contribution in [0, 0.1) is 0 Å². The van der Waals surface area contributed by atoms with E-state index in [4.69, 9.17) is 4.74 Å². The van der Waals surface area contributed by atoms with E-state index in [1.807, 2.05) is 0 Å². The molecule has 1 aliphatic heterocycles. The molecule has 1 aromatic carbocycles. The molecule has 1 aliphatic rings. The minimum Gasteiger partial charge on any atom is -0.494 e. The largest absolute Gasteiger partial charge is 0.494 e. The van der Waals surface area contributed by atoms with Crippen molar-refractivity contribution in [2.45, 2.75) is 32.0 Å². The molecule has 154 valence electrons. The van der Waals surface area contributed by atoms with Crippen molar-refractivity contribution in [1.82, 2.24) is 10.6 Å². The van der Waals surface area contributed by atoms with Gasteiger partial charge < -0.3 is 20.1 Å². The third kappa shape index (κ3) is 4.70. The molecule has 6 nitrogen and oxygen atoms in total. The maximum absolute atomic E-state index is 13.0. The maximum Gasteiger partial charge on any atom is 0.456 e. The minimum absolute atomic E-state index is 0.0250. The summed E-state index contributed by atoms with van der Waals surface area (Å²) in [5, 5.41) is 4.68. The zero-order valence-corrected chi connectivity index (χ0v) is 14.8. The van der Waals surface area contributed by atoms with E-state index in [0.717, 1.165) is 0 Å². The summed E-state index contributed by atoms with van der Waals surface area (Å²) in [6.07, 6.45) is -5.86. The SMILES string of the molecule is CCOc1ccc(C2NC(=O)NC(C)=C2C(=O)OCC(F)(F)C(F)(F)F)cc1. The first kappa shape index (κ1) is 21.5. The molecule has 11 heteroatoms. The number of allylic oxidation sites excluding steroid dienone is 1. The number of amides is 2. The quantitative estimate of drug-likeness (QED) is 0.559. The highest BCUT2D eigenvalue weighted by Crippen LogP contribution is 2.36. The van der Waals surface area contributed by atoms with E-state index in [-0.39, 0.29) is 11.3 Å². The number of nitrogens with one attached hydrogen (secondary N) is 2. The van der Waals surface area contributed by atoms with Crippen molar-refractivity contribution >= 4 is 12.0 Å². The minimum atomic E-state index is -5.86. The molecule has 0 radical (unpaired) electrons. The molecule has 0 bridgehead atoms. The van der Waals surface area contributed by atoms with Crippen molar-refractivity contribution in [2.24, 2.45) is 0 Å². The topological polar surface area (TPSA) is 76.7 Å². The lowest BCUT2D eigenvalue weighted by molar-refractivity contribution is -0.293. The second kappa shape index (κ2) is 8.03. The van der Waals surface area contributed by atoms with Gasteiger partial charge in [0.15, 0.2) is 6.61 Å². The van der Waals surface area contributed by atoms with Crippen molar-refractivity contribution in [3.8, 4) is 5.75 Å². The van der Waals surface area contributed by atoms with E-state index in [1.54, 1.807) is 19.1 Å². The number of rotatable bonds is 6. The zero-order chi connectivity index (χ0) is 21.1. The summed E-state index contributed by atoms with van der Waals surface area (Å²) in [6, 6.07) is 4.38. The predicted molar refractivity (Wildman–Crippen MR) is 86.7 cm³/mol. The number of benzene rings is 1. The number of ether oxygens (including phenoxy) is 2. The van der Waals surface area contributed by atoms with Crippen molar-refractivity contribution in [2.75, 3.05) is 13.2 Å². The van der Waals surface area contributed by atoms with E-state index < -0.39 is 36.7 Å². The Morgan fingerprint density at radius 2 is 1.75 bits per heavy atom. The summed E-state index contributed by atoms with van der Waals surface area (Å²) in [5.41, 5.74) is 0.0666. The van der Waals surface area contributed by atoms with Gasteiger partial charge in [0.25, 0.3) is 0 Å². The Morgan fingerprint density at radius 1 is 1.14 bits per heavy atom. The molecule has 0 spiro atoms. The molecule has 1 unspecified atom stereocenters. The predicted octanol–water partition coefficient (Wildman–Crippen LogP) is 3.45. The van der Waals surface area contributed by atoms with Crippen molar-refractivity contribution < 1.29 is 41.0 Å². The van der Waals surface area contributed by atoms with Crippen molar-refractivity contribution in [3.63, 3.8) is 0 Å². The van der Waals surface area contributed by atoms with Gasteiger partial charge in [0.05, 0.1) is 18.2 Å². The molecule has 2 N–H and O–H groups in total. The second-order valence-corrected chi connectivity index (χ2v) is 5.85. The van der Waals surface area contributed by atoms with Crippen LogP contribution in [0.2, 0.25) is 0 Å². The third-order valence-electron chi connectivity index (χ3n) is 3.81. The molecule has 2 rings (SSSR count). The number of carbonyl (C=O) groups excluding carboxylic acids is 2. The van der Waals surface area contributed by atoms with Gasteiger partial charge in [0.1, 0.15) is 5.75 Å². The molecule has 0 aromatic heterocycles. The Kier molecular flexibility index (Phi) is 6.15. The van der Waals surface area contributed by atoms with E-state index in [1.165, 1.54) is 19.1 Å². The molecule has 1 atom stereocenters. The Morgan fingerprint density at radius 3 is 2.29 bits per heavy atom. The highest BCUT2D eigenvalue weighted by atomic mass is 19.4. The normalized spacial score (nSPS) is 17.7. The van der Waals surface area contributed by atoms with Crippen LogP contribution < -0.4 is 15.4 Å². The van der Waals surface area contributed by atoms with E-state index >= 15 is 0 Å². The van der Waals surface area contributed by atoms with Crippen LogP contribution in [0.3, 0.4) is 0 Å². The molecular weight excluding hydrogens is 391 g/mol. The standard InChI is InChI=1S/C17H17F5N2O4/c1-3-27-11-6-4-10(5-7-11)13-12(9(2)23-15(26)24-13)14(25)28-8-16(18,19)17(20,21)22/h4-7,13H,3,8H2,1-2H3,(H2,23,24,26). The second-order valence-electron chi connectivity index (χ2n) is 5.85. The summed E-state index contributed by atoms with van der Waals surface area (Å²) in [5.74, 6) is -6.09. The molecule has 0 fully saturated rings. The van der Waals surface area contributed by atoms with E-state index in [9.17, 15) is 31.5 Å². The Hall–Kier alpha value is -2.85. The summed E-state index contributed by atoms with van der Waals surface area (Å²) >= 11 is 0. The number of hydrogen-bond acceptors (Lipinski definition) is 4. The van der Waals surface area contributed by atoms with Crippen LogP contribution in [-0.2, 0) is 9.53 Å². The van der Waals surface area contributed by atoms with Crippen LogP contribution in [0.4, 0.5) is 26.7 Å². The average Bonchev–Trinajstić information content (AvgIpc) is 2.59. The first-order chi connectivity index (χ1) is 13.0. The summed E-state index contributed by atoms with van der Waals surface area (Å²) < 4.78 is 72.3. The molecule has 1 aromatic rings. The number of halogens is 5. The monoisotopic (exact) mass is 408 g/mol. The average molecular weight is 408 g/mol. The lowest BCUT2D eigenvalue weighted by Gasteiger charge is -2.28. The fourth-order valence-corrected chi connectivity index (χ4v) is 2.45. The highest BCUT2D eigenvalue weighted by Gasteiger charge is 2.58. The fraction of sp³-hybridized carbons (Fsp3) is 0.412. The van der Waals surface area contributed by atoms with Gasteiger partial charge in [-0.2, -0.15) is 22.0 Å². The Labute approximate surface area is 156 Å². The first-order valence-corrected chi connectivity index (χ1v) is 8.09. The van der Waals surface area contributed by atoms with Crippen LogP contribution >= 0.6 is 0 Å². The molecule has 0 saturated carbocycles. The molecule has 0 aliphatic carbocycles. The number of esters is 1. The van der Waals surface area contributed by atoms with Crippen LogP contribution in [0.25, 0.3) is 0 Å². The number of urea groups is 1. The van der Waals surface area contributed by atoms with Gasteiger partial charge in [-0.15, -0.1) is 0 Å². The lowest BCUT2D eigenvalue weighted by Crippen LogP contribution is -2.46. The molecule has 28 heavy (non-hydrogen) atoms. The summed E-state index contributed by atoms with van der Waals surface area (Å²) in [6.45, 7) is 1.32. The fourth-order valence-electron chi connectivity index (χ4n) is 2.45. The van der Waals surface area contributed by atoms with Crippen LogP contribution in [0.15, 0.2) is 35.5 Å². The smallest absolute Gasteiger partial charge is 0.456 e. The zero-order valence-electron chi connectivity index (χ0n) is 14.8. The van der Waals surface area contributed by atoms with Crippen LogP contribution in [0.5, 0.6) is 5.75 Å². The van der Waals surface area contributed by atoms with Crippen LogP contribution in [0.1, 0.15) is 25.5 Å². The van der Waals surface area contributed by atoms with Gasteiger partial charge in [-0.05, 0) is 31.5 Å². The first-order valence-electron chi connectivity index (χ1n) is 8.09. The highest BCUT2D eigenvalue weighted by molar-refractivity contribution is 5.95. The lowest BCUT2D eigenvalue weighted by atomic mass is 9.95. The van der Waals surface area contributed by atoms with Crippen molar-refractivity contribution in [3.05, 3.63) is 41.1 Å². The number of carbonyl (C=O) groups is 2. The molecule has 2 amide bonds. The summed E-state index contributed by atoms with van der Waals surface area (Å²) in [4.78, 5) is 24.0. The van der Waals surface area contributed by atoms with E-state index in [0.29, 0.717) is 17.9 Å². The molecule has 1 heterocycles. The van der Waals surface area contributed by atoms with Gasteiger partial charge >= 0.3 is 24.1 Å². The Balaban J connectivity index is 2.26. The van der Waals surface area contributed by atoms with Gasteiger partial charge in [-0.3, -0.25) is 0 Å². The van der Waals surface area contributed by atoms with Crippen molar-refractivity contribution in [1.29, 1.82) is 0 Å².